The number of nitrogens with zero attached hydrogens (tertiary/aromatic N) is 1. The van der Waals surface area contributed by atoms with Crippen LogP contribution in [0.1, 0.15) is 52.1 Å². The molecule has 1 aromatic rings. The van der Waals surface area contributed by atoms with Gasteiger partial charge in [0.2, 0.25) is 0 Å². The molecule has 1 atom stereocenters. The van der Waals surface area contributed by atoms with Crippen molar-refractivity contribution in [3.63, 3.8) is 0 Å². The van der Waals surface area contributed by atoms with E-state index in [0.717, 1.165) is 18.4 Å². The highest BCUT2D eigenvalue weighted by Crippen LogP contribution is 2.52. The van der Waals surface area contributed by atoms with Crippen molar-refractivity contribution in [1.29, 1.82) is 0 Å². The van der Waals surface area contributed by atoms with Crippen LogP contribution in [0.15, 0.2) is 12.1 Å². The first kappa shape index (κ1) is 16.4. The normalized spacial score (nSPS) is 18.0. The second-order valence-corrected chi connectivity index (χ2v) is 7.32. The second-order valence-electron chi connectivity index (χ2n) is 6.55. The van der Waals surface area contributed by atoms with Crippen LogP contribution in [0.5, 0.6) is 0 Å². The maximum absolute atomic E-state index is 12.1. The summed E-state index contributed by atoms with van der Waals surface area (Å²) in [5.41, 5.74) is 0.388. The van der Waals surface area contributed by atoms with Crippen molar-refractivity contribution in [3.05, 3.63) is 28.0 Å². The van der Waals surface area contributed by atoms with E-state index in [1.165, 1.54) is 0 Å². The predicted octanol–water partition coefficient (Wildman–Crippen LogP) is 4.75. The summed E-state index contributed by atoms with van der Waals surface area (Å²) >= 11 is 11.7. The Morgan fingerprint density at radius 2 is 1.86 bits per heavy atom. The molecule has 21 heavy (non-hydrogen) atoms. The van der Waals surface area contributed by atoms with Gasteiger partial charge < -0.3 is 10.1 Å². The fraction of sp³-hybridized carbons (Fsp3) is 0.600. The minimum absolute atomic E-state index is 0.0587. The van der Waals surface area contributed by atoms with E-state index in [1.807, 2.05) is 6.92 Å². The number of hydrogen-bond acceptors (Lipinski definition) is 3. The first-order valence-electron chi connectivity index (χ1n) is 6.95. The number of pyridine rings is 1. The third-order valence-corrected chi connectivity index (χ3v) is 4.37. The van der Waals surface area contributed by atoms with Gasteiger partial charge in [0, 0.05) is 5.41 Å². The van der Waals surface area contributed by atoms with Crippen LogP contribution in [0.4, 0.5) is 4.79 Å². The molecular formula is C15H20Cl2N2O2. The fourth-order valence-electron chi connectivity index (χ4n) is 2.32. The lowest BCUT2D eigenvalue weighted by atomic mass is 9.86. The minimum Gasteiger partial charge on any atom is -0.442 e. The SMILES string of the molecule is CC(NC(=O)OC1(C(C)(C)C)CC1)c1cc(Cl)nc(Cl)c1. The zero-order valence-corrected chi connectivity index (χ0v) is 14.2. The van der Waals surface area contributed by atoms with E-state index in [-0.39, 0.29) is 17.1 Å². The van der Waals surface area contributed by atoms with E-state index >= 15 is 0 Å². The maximum atomic E-state index is 12.1. The van der Waals surface area contributed by atoms with Crippen molar-refractivity contribution in [3.8, 4) is 0 Å². The number of rotatable bonds is 3. The lowest BCUT2D eigenvalue weighted by Crippen LogP contribution is -2.38. The highest BCUT2D eigenvalue weighted by Gasteiger charge is 2.55. The van der Waals surface area contributed by atoms with E-state index in [0.29, 0.717) is 10.3 Å². The van der Waals surface area contributed by atoms with Crippen molar-refractivity contribution >= 4 is 29.3 Å². The van der Waals surface area contributed by atoms with Gasteiger partial charge in [-0.05, 0) is 37.5 Å². The van der Waals surface area contributed by atoms with Crippen molar-refractivity contribution in [2.24, 2.45) is 5.41 Å². The molecule has 1 N–H and O–H groups in total. The highest BCUT2D eigenvalue weighted by molar-refractivity contribution is 6.32. The molecule has 0 aromatic carbocycles. The van der Waals surface area contributed by atoms with E-state index in [4.69, 9.17) is 27.9 Å². The molecule has 0 saturated heterocycles. The van der Waals surface area contributed by atoms with Gasteiger partial charge in [0.25, 0.3) is 0 Å². The van der Waals surface area contributed by atoms with Gasteiger partial charge in [-0.1, -0.05) is 44.0 Å². The standard InChI is InChI=1S/C15H20Cl2N2O2/c1-9(10-7-11(16)19-12(17)8-10)18-13(20)21-15(5-6-15)14(2,3)4/h7-9H,5-6H2,1-4H3,(H,18,20). The molecular weight excluding hydrogens is 311 g/mol. The molecule has 1 unspecified atom stereocenters. The number of hydrogen-bond donors (Lipinski definition) is 1. The molecule has 1 fully saturated rings. The van der Waals surface area contributed by atoms with Gasteiger partial charge in [0.1, 0.15) is 15.9 Å². The topological polar surface area (TPSA) is 51.2 Å². The van der Waals surface area contributed by atoms with E-state index < -0.39 is 6.09 Å². The molecule has 1 aliphatic rings. The zero-order valence-electron chi connectivity index (χ0n) is 12.7. The average Bonchev–Trinajstić information content (AvgIpc) is 3.07. The van der Waals surface area contributed by atoms with Gasteiger partial charge in [-0.2, -0.15) is 0 Å². The van der Waals surface area contributed by atoms with Crippen LogP contribution in [0, 0.1) is 5.41 Å². The largest absolute Gasteiger partial charge is 0.442 e. The van der Waals surface area contributed by atoms with Gasteiger partial charge in [-0.15, -0.1) is 0 Å². The Kier molecular flexibility index (Phi) is 4.41. The number of halogens is 2. The summed E-state index contributed by atoms with van der Waals surface area (Å²) in [6.45, 7) is 8.09. The van der Waals surface area contributed by atoms with Crippen molar-refractivity contribution in [2.75, 3.05) is 0 Å². The molecule has 0 aliphatic heterocycles. The van der Waals surface area contributed by atoms with Crippen molar-refractivity contribution in [1.82, 2.24) is 10.3 Å². The summed E-state index contributed by atoms with van der Waals surface area (Å²) < 4.78 is 5.63. The molecule has 0 radical (unpaired) electrons. The lowest BCUT2D eigenvalue weighted by molar-refractivity contribution is 0.00961. The van der Waals surface area contributed by atoms with Crippen molar-refractivity contribution < 1.29 is 9.53 Å². The van der Waals surface area contributed by atoms with E-state index in [2.05, 4.69) is 31.1 Å². The van der Waals surface area contributed by atoms with Crippen LogP contribution in [0.2, 0.25) is 10.3 Å². The smallest absolute Gasteiger partial charge is 0.408 e. The van der Waals surface area contributed by atoms with Gasteiger partial charge in [-0.3, -0.25) is 0 Å². The summed E-state index contributed by atoms with van der Waals surface area (Å²) in [7, 11) is 0. The molecule has 4 nitrogen and oxygen atoms in total. The van der Waals surface area contributed by atoms with Crippen LogP contribution in [-0.4, -0.2) is 16.7 Å². The van der Waals surface area contributed by atoms with Crippen LogP contribution >= 0.6 is 23.2 Å². The summed E-state index contributed by atoms with van der Waals surface area (Å²) in [6.07, 6.45) is 1.40. The van der Waals surface area contributed by atoms with Crippen LogP contribution in [0.3, 0.4) is 0 Å². The third-order valence-electron chi connectivity index (χ3n) is 3.98. The van der Waals surface area contributed by atoms with E-state index in [1.54, 1.807) is 12.1 Å². The summed E-state index contributed by atoms with van der Waals surface area (Å²) in [6, 6.07) is 3.09. The lowest BCUT2D eigenvalue weighted by Gasteiger charge is -2.31. The summed E-state index contributed by atoms with van der Waals surface area (Å²) in [5, 5.41) is 3.41. The molecule has 1 heterocycles. The monoisotopic (exact) mass is 330 g/mol. The Bertz CT molecular complexity index is 531. The van der Waals surface area contributed by atoms with Crippen LogP contribution in [0.25, 0.3) is 0 Å². The number of alkyl carbamates (subject to hydrolysis) is 1. The van der Waals surface area contributed by atoms with Gasteiger partial charge in [0.05, 0.1) is 6.04 Å². The zero-order chi connectivity index (χ0) is 15.8. The second kappa shape index (κ2) is 5.65. The Morgan fingerprint density at radius 3 is 2.29 bits per heavy atom. The quantitative estimate of drug-likeness (QED) is 0.813. The Morgan fingerprint density at radius 1 is 1.33 bits per heavy atom. The summed E-state index contributed by atoms with van der Waals surface area (Å²) in [5.74, 6) is 0. The van der Waals surface area contributed by atoms with E-state index in [9.17, 15) is 4.79 Å². The van der Waals surface area contributed by atoms with Crippen molar-refractivity contribution in [2.45, 2.75) is 52.2 Å². The molecule has 1 aliphatic carbocycles. The minimum atomic E-state index is -0.418. The van der Waals surface area contributed by atoms with Crippen LogP contribution < -0.4 is 5.32 Å². The van der Waals surface area contributed by atoms with Gasteiger partial charge in [0.15, 0.2) is 0 Å². The number of ether oxygens (including phenoxy) is 1. The molecule has 116 valence electrons. The Balaban J connectivity index is 2.00. The van der Waals surface area contributed by atoms with Gasteiger partial charge in [-0.25, -0.2) is 9.78 Å². The molecule has 2 rings (SSSR count). The fourth-order valence-corrected chi connectivity index (χ4v) is 2.80. The maximum Gasteiger partial charge on any atom is 0.408 e. The average molecular weight is 331 g/mol. The third kappa shape index (κ3) is 3.80. The highest BCUT2D eigenvalue weighted by atomic mass is 35.5. The molecule has 0 spiro atoms. The Hall–Kier alpha value is -1.00. The number of nitrogens with one attached hydrogen (secondary N) is 1. The first-order chi connectivity index (χ1) is 9.63. The number of carbonyl (C=O) groups excluding carboxylic acids is 1. The molecule has 6 heteroatoms. The summed E-state index contributed by atoms with van der Waals surface area (Å²) in [4.78, 5) is 16.0. The van der Waals surface area contributed by atoms with Gasteiger partial charge >= 0.3 is 6.09 Å². The molecule has 0 bridgehead atoms. The number of aromatic nitrogens is 1. The van der Waals surface area contributed by atoms with Crippen LogP contribution in [-0.2, 0) is 4.74 Å². The predicted molar refractivity (Wildman–Crippen MR) is 83.7 cm³/mol. The number of carbonyl (C=O) groups is 1. The molecule has 1 aromatic heterocycles. The molecule has 1 amide bonds. The first-order valence-corrected chi connectivity index (χ1v) is 7.71. The Labute approximate surface area is 135 Å². The molecule has 1 saturated carbocycles. The number of amides is 1.